The first-order valence-electron chi connectivity index (χ1n) is 6.26. The van der Waals surface area contributed by atoms with E-state index in [1.54, 1.807) is 11.3 Å². The van der Waals surface area contributed by atoms with Crippen LogP contribution in [-0.2, 0) is 11.3 Å². The van der Waals surface area contributed by atoms with Gasteiger partial charge in [-0.1, -0.05) is 12.1 Å². The Morgan fingerprint density at radius 1 is 1.47 bits per heavy atom. The molecule has 1 fully saturated rings. The van der Waals surface area contributed by atoms with Crippen LogP contribution >= 0.6 is 23.1 Å². The second-order valence-corrected chi connectivity index (χ2v) is 6.64. The predicted octanol–water partition coefficient (Wildman–Crippen LogP) is 1.62. The first kappa shape index (κ1) is 12.9. The molecule has 1 aromatic heterocycles. The maximum atomic E-state index is 12.0. The number of carbonyl (C=O) groups excluding carboxylic acids is 1. The van der Waals surface area contributed by atoms with Gasteiger partial charge in [0.15, 0.2) is 0 Å². The molecule has 1 unspecified atom stereocenters. The number of carbonyl (C=O) groups is 1. The summed E-state index contributed by atoms with van der Waals surface area (Å²) >= 11 is 3.45. The monoisotopic (exact) mass is 293 g/mol. The van der Waals surface area contributed by atoms with Crippen molar-refractivity contribution in [2.45, 2.75) is 12.6 Å². The smallest absolute Gasteiger partial charge is 0.238 e. The lowest BCUT2D eigenvalue weighted by atomic mass is 10.3. The summed E-state index contributed by atoms with van der Waals surface area (Å²) in [6.45, 7) is 1.42. The number of fused-ring (bicyclic) bond motifs is 1. The van der Waals surface area contributed by atoms with Gasteiger partial charge in [0.1, 0.15) is 5.01 Å². The topological polar surface area (TPSA) is 54.0 Å². The van der Waals surface area contributed by atoms with Crippen LogP contribution in [0.5, 0.6) is 0 Å². The standard InChI is InChI=1S/C13H15N3OS2/c17-13(10-8-18-6-5-14-10)15-7-12-16-9-3-1-2-4-11(9)19-12/h1-4,10,14H,5-8H2,(H,15,17). The summed E-state index contributed by atoms with van der Waals surface area (Å²) in [5.41, 5.74) is 1.00. The highest BCUT2D eigenvalue weighted by atomic mass is 32.2. The molecule has 2 N–H and O–H groups in total. The summed E-state index contributed by atoms with van der Waals surface area (Å²) in [5.74, 6) is 2.01. The van der Waals surface area contributed by atoms with E-state index in [9.17, 15) is 4.79 Å². The number of rotatable bonds is 3. The average molecular weight is 293 g/mol. The molecule has 1 saturated heterocycles. The maximum absolute atomic E-state index is 12.0. The van der Waals surface area contributed by atoms with E-state index in [-0.39, 0.29) is 11.9 Å². The van der Waals surface area contributed by atoms with Crippen molar-refractivity contribution in [3.63, 3.8) is 0 Å². The van der Waals surface area contributed by atoms with Crippen LogP contribution in [0.1, 0.15) is 5.01 Å². The molecule has 4 nitrogen and oxygen atoms in total. The van der Waals surface area contributed by atoms with Crippen molar-refractivity contribution in [3.8, 4) is 0 Å². The highest BCUT2D eigenvalue weighted by Crippen LogP contribution is 2.21. The molecule has 0 saturated carbocycles. The van der Waals surface area contributed by atoms with Crippen molar-refractivity contribution in [1.82, 2.24) is 15.6 Å². The lowest BCUT2D eigenvalue weighted by molar-refractivity contribution is -0.122. The molecule has 6 heteroatoms. The van der Waals surface area contributed by atoms with E-state index in [0.717, 1.165) is 33.3 Å². The van der Waals surface area contributed by atoms with Gasteiger partial charge in [-0.15, -0.1) is 11.3 Å². The molecule has 3 rings (SSSR count). The Labute approximate surface area is 120 Å². The number of amides is 1. The van der Waals surface area contributed by atoms with Gasteiger partial charge in [-0.3, -0.25) is 4.79 Å². The zero-order valence-corrected chi connectivity index (χ0v) is 12.0. The molecule has 0 radical (unpaired) electrons. The molecule has 0 bridgehead atoms. The van der Waals surface area contributed by atoms with Crippen molar-refractivity contribution in [3.05, 3.63) is 29.3 Å². The Morgan fingerprint density at radius 2 is 2.37 bits per heavy atom. The summed E-state index contributed by atoms with van der Waals surface area (Å²) in [5, 5.41) is 7.15. The molecule has 1 atom stereocenters. The van der Waals surface area contributed by atoms with Crippen molar-refractivity contribution in [1.29, 1.82) is 0 Å². The molecule has 1 amide bonds. The van der Waals surface area contributed by atoms with Gasteiger partial charge in [-0.25, -0.2) is 4.98 Å². The molecule has 1 aliphatic rings. The molecule has 100 valence electrons. The Balaban J connectivity index is 1.60. The number of thiazole rings is 1. The zero-order chi connectivity index (χ0) is 13.1. The highest BCUT2D eigenvalue weighted by Gasteiger charge is 2.20. The number of thioether (sulfide) groups is 1. The quantitative estimate of drug-likeness (QED) is 0.903. The SMILES string of the molecule is O=C(NCc1nc2ccccc2s1)C1CSCCN1. The molecule has 1 aromatic carbocycles. The van der Waals surface area contributed by atoms with Crippen LogP contribution in [0.4, 0.5) is 0 Å². The van der Waals surface area contributed by atoms with E-state index < -0.39 is 0 Å². The van der Waals surface area contributed by atoms with Gasteiger partial charge in [-0.2, -0.15) is 11.8 Å². The third kappa shape index (κ3) is 3.08. The minimum absolute atomic E-state index is 0.0619. The molecule has 1 aliphatic heterocycles. The van der Waals surface area contributed by atoms with E-state index >= 15 is 0 Å². The summed E-state index contributed by atoms with van der Waals surface area (Å²) in [7, 11) is 0. The van der Waals surface area contributed by atoms with Crippen molar-refractivity contribution < 1.29 is 4.79 Å². The number of hydrogen-bond acceptors (Lipinski definition) is 5. The van der Waals surface area contributed by atoms with Crippen LogP contribution in [0.25, 0.3) is 10.2 Å². The predicted molar refractivity (Wildman–Crippen MR) is 80.6 cm³/mol. The van der Waals surface area contributed by atoms with Crippen molar-refractivity contribution >= 4 is 39.2 Å². The van der Waals surface area contributed by atoms with E-state index in [4.69, 9.17) is 0 Å². The van der Waals surface area contributed by atoms with E-state index in [0.29, 0.717) is 6.54 Å². The maximum Gasteiger partial charge on any atom is 0.238 e. The number of hydrogen-bond donors (Lipinski definition) is 2. The fourth-order valence-electron chi connectivity index (χ4n) is 2.02. The molecule has 0 aliphatic carbocycles. The van der Waals surface area contributed by atoms with Crippen molar-refractivity contribution in [2.24, 2.45) is 0 Å². The lowest BCUT2D eigenvalue weighted by Gasteiger charge is -2.21. The van der Waals surface area contributed by atoms with Gasteiger partial charge >= 0.3 is 0 Å². The van der Waals surface area contributed by atoms with Crippen LogP contribution in [0.2, 0.25) is 0 Å². The Kier molecular flexibility index (Phi) is 4.00. The molecule has 0 spiro atoms. The van der Waals surface area contributed by atoms with Gasteiger partial charge in [0.25, 0.3) is 0 Å². The average Bonchev–Trinajstić information content (AvgIpc) is 2.88. The highest BCUT2D eigenvalue weighted by molar-refractivity contribution is 7.99. The number of nitrogens with one attached hydrogen (secondary N) is 2. The van der Waals surface area contributed by atoms with Crippen molar-refractivity contribution in [2.75, 3.05) is 18.1 Å². The molecular formula is C13H15N3OS2. The number of nitrogens with zero attached hydrogens (tertiary/aromatic N) is 1. The largest absolute Gasteiger partial charge is 0.348 e. The fourth-order valence-corrected chi connectivity index (χ4v) is 3.86. The van der Waals surface area contributed by atoms with E-state index in [1.165, 1.54) is 0 Å². The minimum Gasteiger partial charge on any atom is -0.348 e. The first-order chi connectivity index (χ1) is 9.33. The van der Waals surface area contributed by atoms with E-state index in [2.05, 4.69) is 21.7 Å². The molecular weight excluding hydrogens is 278 g/mol. The second kappa shape index (κ2) is 5.90. The normalized spacial score (nSPS) is 19.5. The Bertz CT molecular complexity index is 545. The molecule has 19 heavy (non-hydrogen) atoms. The zero-order valence-electron chi connectivity index (χ0n) is 10.4. The lowest BCUT2D eigenvalue weighted by Crippen LogP contribution is -2.48. The van der Waals surface area contributed by atoms with Crippen LogP contribution < -0.4 is 10.6 Å². The van der Waals surface area contributed by atoms with Crippen LogP contribution in [0, 0.1) is 0 Å². The van der Waals surface area contributed by atoms with Gasteiger partial charge in [-0.05, 0) is 12.1 Å². The van der Waals surface area contributed by atoms with Gasteiger partial charge in [0.2, 0.25) is 5.91 Å². The summed E-state index contributed by atoms with van der Waals surface area (Å²) in [4.78, 5) is 16.5. The summed E-state index contributed by atoms with van der Waals surface area (Å²) < 4.78 is 1.16. The van der Waals surface area contributed by atoms with Crippen LogP contribution in [0.3, 0.4) is 0 Å². The number of aromatic nitrogens is 1. The first-order valence-corrected chi connectivity index (χ1v) is 8.23. The van der Waals surface area contributed by atoms with Gasteiger partial charge < -0.3 is 10.6 Å². The van der Waals surface area contributed by atoms with Gasteiger partial charge in [0, 0.05) is 18.1 Å². The third-order valence-corrected chi connectivity index (χ3v) is 5.09. The van der Waals surface area contributed by atoms with Crippen LogP contribution in [-0.4, -0.2) is 35.0 Å². The summed E-state index contributed by atoms with van der Waals surface area (Å²) in [6.07, 6.45) is 0. The minimum atomic E-state index is -0.0619. The Hall–Kier alpha value is -1.11. The van der Waals surface area contributed by atoms with Gasteiger partial charge in [0.05, 0.1) is 22.8 Å². The number of benzene rings is 1. The molecule has 2 heterocycles. The third-order valence-electron chi connectivity index (χ3n) is 2.99. The fraction of sp³-hybridized carbons (Fsp3) is 0.385. The molecule has 2 aromatic rings. The van der Waals surface area contributed by atoms with Crippen LogP contribution in [0.15, 0.2) is 24.3 Å². The summed E-state index contributed by atoms with van der Waals surface area (Å²) in [6, 6.07) is 7.97. The second-order valence-electron chi connectivity index (χ2n) is 4.37. The van der Waals surface area contributed by atoms with E-state index in [1.807, 2.05) is 30.0 Å². The Morgan fingerprint density at radius 3 is 3.16 bits per heavy atom. The number of para-hydroxylation sites is 1.